The van der Waals surface area contributed by atoms with Crippen LogP contribution in [0.25, 0.3) is 0 Å². The molecule has 1 aliphatic carbocycles. The van der Waals surface area contributed by atoms with Crippen molar-refractivity contribution < 1.29 is 18.1 Å². The Labute approximate surface area is 170 Å². The number of nitro benzene ring substituents is 1. The third-order valence-corrected chi connectivity index (χ3v) is 7.47. The van der Waals surface area contributed by atoms with Gasteiger partial charge >= 0.3 is 0 Å². The van der Waals surface area contributed by atoms with E-state index < -0.39 is 14.8 Å². The lowest BCUT2D eigenvalue weighted by atomic mass is 9.87. The second kappa shape index (κ2) is 8.56. The van der Waals surface area contributed by atoms with Crippen LogP contribution in [0.2, 0.25) is 0 Å². The molecule has 29 heavy (non-hydrogen) atoms. The van der Waals surface area contributed by atoms with Crippen LogP contribution in [0.5, 0.6) is 0 Å². The molecule has 2 aliphatic rings. The van der Waals surface area contributed by atoms with Gasteiger partial charge in [0, 0.05) is 32.2 Å². The van der Waals surface area contributed by atoms with Gasteiger partial charge in [0.05, 0.1) is 27.7 Å². The zero-order chi connectivity index (χ0) is 21.2. The molecule has 2 N–H and O–H groups in total. The molecule has 0 unspecified atom stereocenters. The van der Waals surface area contributed by atoms with Gasteiger partial charge in [-0.25, -0.2) is 8.42 Å². The maximum absolute atomic E-state index is 13.1. The largest absolute Gasteiger partial charge is 0.383 e. The molecule has 10 heteroatoms. The van der Waals surface area contributed by atoms with Gasteiger partial charge in [0.2, 0.25) is 0 Å². The Balaban J connectivity index is 1.93. The van der Waals surface area contributed by atoms with E-state index in [9.17, 15) is 23.3 Å². The Morgan fingerprint density at radius 1 is 1.17 bits per heavy atom. The van der Waals surface area contributed by atoms with Crippen LogP contribution < -0.4 is 15.5 Å². The van der Waals surface area contributed by atoms with E-state index in [1.54, 1.807) is 13.1 Å². The summed E-state index contributed by atoms with van der Waals surface area (Å²) in [5.41, 5.74) is 0.856. The maximum Gasteiger partial charge on any atom is 0.293 e. The summed E-state index contributed by atoms with van der Waals surface area (Å²) in [4.78, 5) is 25.9. The Bertz CT molecular complexity index is 880. The summed E-state index contributed by atoms with van der Waals surface area (Å²) in [7, 11) is -1.51. The molecule has 1 heterocycles. The number of nitrogens with zero attached hydrogens (tertiary/aromatic N) is 2. The number of sulfone groups is 1. The van der Waals surface area contributed by atoms with E-state index in [1.165, 1.54) is 6.07 Å². The molecule has 0 radical (unpaired) electrons. The van der Waals surface area contributed by atoms with Crippen LogP contribution in [0.4, 0.5) is 17.1 Å². The lowest BCUT2D eigenvalue weighted by Crippen LogP contribution is -2.42. The number of carbonyl (C=O) groups is 1. The monoisotopic (exact) mass is 424 g/mol. The minimum absolute atomic E-state index is 0.000443. The van der Waals surface area contributed by atoms with Crippen LogP contribution in [0, 0.1) is 16.0 Å². The van der Waals surface area contributed by atoms with Crippen LogP contribution in [0.15, 0.2) is 12.1 Å². The van der Waals surface area contributed by atoms with Crippen molar-refractivity contribution in [2.45, 2.75) is 38.6 Å². The van der Waals surface area contributed by atoms with Gasteiger partial charge in [-0.1, -0.05) is 6.92 Å². The molecule has 1 saturated heterocycles. The molecule has 3 rings (SSSR count). The quantitative estimate of drug-likeness (QED) is 0.549. The van der Waals surface area contributed by atoms with Gasteiger partial charge in [-0.05, 0) is 37.7 Å². The fourth-order valence-corrected chi connectivity index (χ4v) is 5.19. The van der Waals surface area contributed by atoms with Crippen molar-refractivity contribution in [1.29, 1.82) is 0 Å². The highest BCUT2D eigenvalue weighted by Crippen LogP contribution is 2.34. The van der Waals surface area contributed by atoms with Crippen LogP contribution >= 0.6 is 0 Å². The van der Waals surface area contributed by atoms with Gasteiger partial charge < -0.3 is 15.5 Å². The summed E-state index contributed by atoms with van der Waals surface area (Å²) < 4.78 is 23.6. The molecule has 1 aromatic carbocycles. The van der Waals surface area contributed by atoms with Crippen LogP contribution in [0.1, 0.15) is 43.0 Å². The highest BCUT2D eigenvalue weighted by molar-refractivity contribution is 7.91. The molecule has 1 aromatic rings. The molecule has 9 nitrogen and oxygen atoms in total. The van der Waals surface area contributed by atoms with Crippen LogP contribution in [-0.4, -0.2) is 56.9 Å². The summed E-state index contributed by atoms with van der Waals surface area (Å²) in [5.74, 6) is 0.296. The molecule has 1 aliphatic heterocycles. The van der Waals surface area contributed by atoms with Crippen molar-refractivity contribution in [2.24, 2.45) is 5.92 Å². The molecule has 0 bridgehead atoms. The fraction of sp³-hybridized carbons (Fsp3) is 0.632. The standard InChI is InChI=1S/C19H28N4O5S/c1-13-3-5-14(6-4-13)21-19(24)15-11-18(23(25)26)16(20-2)12-17(15)22-7-9-29(27,28)10-8-22/h11-14,20H,3-10H2,1-2H3,(H,21,24). The lowest BCUT2D eigenvalue weighted by Gasteiger charge is -2.31. The first-order valence-corrected chi connectivity index (χ1v) is 11.8. The van der Waals surface area contributed by atoms with Crippen molar-refractivity contribution in [3.63, 3.8) is 0 Å². The summed E-state index contributed by atoms with van der Waals surface area (Å²) in [6.45, 7) is 2.70. The number of nitrogens with one attached hydrogen (secondary N) is 2. The van der Waals surface area contributed by atoms with Crippen LogP contribution in [-0.2, 0) is 9.84 Å². The van der Waals surface area contributed by atoms with E-state index in [0.717, 1.165) is 25.7 Å². The number of nitro groups is 1. The Morgan fingerprint density at radius 2 is 1.79 bits per heavy atom. The van der Waals surface area contributed by atoms with Crippen LogP contribution in [0.3, 0.4) is 0 Å². The van der Waals surface area contributed by atoms with E-state index in [2.05, 4.69) is 17.6 Å². The lowest BCUT2D eigenvalue weighted by molar-refractivity contribution is -0.383. The highest BCUT2D eigenvalue weighted by atomic mass is 32.2. The maximum atomic E-state index is 13.1. The molecule has 0 atom stereocenters. The number of anilines is 2. The van der Waals surface area contributed by atoms with Gasteiger partial charge in [-0.15, -0.1) is 0 Å². The van der Waals surface area contributed by atoms with Gasteiger partial charge in [0.15, 0.2) is 9.84 Å². The number of rotatable bonds is 5. The van der Waals surface area contributed by atoms with Crippen molar-refractivity contribution in [3.8, 4) is 0 Å². The zero-order valence-electron chi connectivity index (χ0n) is 16.8. The zero-order valence-corrected chi connectivity index (χ0v) is 17.6. The number of amides is 1. The van der Waals surface area contributed by atoms with Gasteiger partial charge in [-0.2, -0.15) is 0 Å². The molecule has 0 aromatic heterocycles. The van der Waals surface area contributed by atoms with Gasteiger partial charge in [-0.3, -0.25) is 14.9 Å². The SMILES string of the molecule is CNc1cc(N2CCS(=O)(=O)CC2)c(C(=O)NC2CCC(C)CC2)cc1[N+](=O)[O-]. The average molecular weight is 425 g/mol. The molecule has 1 saturated carbocycles. The predicted molar refractivity (Wildman–Crippen MR) is 112 cm³/mol. The topological polar surface area (TPSA) is 122 Å². The Morgan fingerprint density at radius 3 is 2.34 bits per heavy atom. The summed E-state index contributed by atoms with van der Waals surface area (Å²) in [6, 6.07) is 2.93. The molecule has 1 amide bonds. The third-order valence-electron chi connectivity index (χ3n) is 5.86. The van der Waals surface area contributed by atoms with Crippen molar-refractivity contribution in [2.75, 3.05) is 41.9 Å². The number of carbonyl (C=O) groups excluding carboxylic acids is 1. The Hall–Kier alpha value is -2.36. The second-order valence-corrected chi connectivity index (χ2v) is 10.3. The van der Waals surface area contributed by atoms with Gasteiger partial charge in [0.25, 0.3) is 11.6 Å². The molecule has 2 fully saturated rings. The third kappa shape index (κ3) is 4.98. The first kappa shape index (κ1) is 21.4. The fourth-order valence-electron chi connectivity index (χ4n) is 3.99. The molecule has 0 spiro atoms. The highest BCUT2D eigenvalue weighted by Gasteiger charge is 2.29. The summed E-state index contributed by atoms with van der Waals surface area (Å²) in [6.07, 6.45) is 3.86. The second-order valence-electron chi connectivity index (χ2n) is 7.96. The number of hydrogen-bond donors (Lipinski definition) is 2. The minimum Gasteiger partial charge on any atom is -0.383 e. The average Bonchev–Trinajstić information content (AvgIpc) is 2.68. The van der Waals surface area contributed by atoms with E-state index in [-0.39, 0.29) is 47.8 Å². The minimum atomic E-state index is -3.09. The van der Waals surface area contributed by atoms with Crippen molar-refractivity contribution >= 4 is 32.8 Å². The van der Waals surface area contributed by atoms with Gasteiger partial charge in [0.1, 0.15) is 5.69 Å². The first-order chi connectivity index (χ1) is 13.7. The summed E-state index contributed by atoms with van der Waals surface area (Å²) in [5, 5.41) is 17.3. The van der Waals surface area contributed by atoms with E-state index >= 15 is 0 Å². The van der Waals surface area contributed by atoms with E-state index in [4.69, 9.17) is 0 Å². The predicted octanol–water partition coefficient (Wildman–Crippen LogP) is 2.18. The number of hydrogen-bond acceptors (Lipinski definition) is 7. The van der Waals surface area contributed by atoms with E-state index in [0.29, 0.717) is 17.3 Å². The smallest absolute Gasteiger partial charge is 0.293 e. The van der Waals surface area contributed by atoms with Crippen molar-refractivity contribution in [1.82, 2.24) is 5.32 Å². The van der Waals surface area contributed by atoms with Crippen molar-refractivity contribution in [3.05, 3.63) is 27.8 Å². The normalized spacial score (nSPS) is 24.0. The van der Waals surface area contributed by atoms with E-state index in [1.807, 2.05) is 4.90 Å². The Kier molecular flexibility index (Phi) is 6.30. The molecular formula is C19H28N4O5S. The molecule has 160 valence electrons. The first-order valence-electron chi connectivity index (χ1n) is 9.96. The molecular weight excluding hydrogens is 396 g/mol. The summed E-state index contributed by atoms with van der Waals surface area (Å²) >= 11 is 0. The number of benzene rings is 1.